The summed E-state index contributed by atoms with van der Waals surface area (Å²) in [7, 11) is 0. The molecule has 6 nitrogen and oxygen atoms in total. The van der Waals surface area contributed by atoms with Gasteiger partial charge < -0.3 is 5.11 Å². The molecular weight excluding hydrogens is 340 g/mol. The summed E-state index contributed by atoms with van der Waals surface area (Å²) in [6.45, 7) is 3.51. The number of hydrogen-bond donors (Lipinski definition) is 1. The second kappa shape index (κ2) is 6.65. The lowest BCUT2D eigenvalue weighted by Gasteiger charge is -2.29. The van der Waals surface area contributed by atoms with Crippen LogP contribution in [-0.4, -0.2) is 26.4 Å². The SMILES string of the molecule is CC(C)(O)C1CCCC1C(=O)c1ncc(-c2ccc([N+](=O)[O-])cc2)s1. The molecule has 1 N–H and O–H groups in total. The Labute approximate surface area is 149 Å². The van der Waals surface area contributed by atoms with E-state index in [-0.39, 0.29) is 23.3 Å². The van der Waals surface area contributed by atoms with Gasteiger partial charge in [0.15, 0.2) is 10.8 Å². The number of nitro groups is 1. The number of carbonyl (C=O) groups excluding carboxylic acids is 1. The molecule has 1 saturated carbocycles. The van der Waals surface area contributed by atoms with Gasteiger partial charge in [-0.3, -0.25) is 14.9 Å². The van der Waals surface area contributed by atoms with Gasteiger partial charge in [0.25, 0.3) is 5.69 Å². The van der Waals surface area contributed by atoms with E-state index in [0.717, 1.165) is 29.7 Å². The van der Waals surface area contributed by atoms with Crippen molar-refractivity contribution in [3.8, 4) is 10.4 Å². The van der Waals surface area contributed by atoms with Crippen LogP contribution >= 0.6 is 11.3 Å². The van der Waals surface area contributed by atoms with Gasteiger partial charge in [-0.15, -0.1) is 11.3 Å². The third kappa shape index (κ3) is 3.62. The summed E-state index contributed by atoms with van der Waals surface area (Å²) in [6, 6.07) is 6.21. The number of Topliss-reactive ketones (excluding diaryl/α,β-unsaturated/α-hetero) is 1. The Kier molecular flexibility index (Phi) is 4.71. The molecule has 0 aliphatic heterocycles. The average Bonchev–Trinajstić information content (AvgIpc) is 3.23. The number of non-ortho nitro benzene ring substituents is 1. The molecule has 1 aromatic carbocycles. The molecule has 3 rings (SSSR count). The Hall–Kier alpha value is -2.12. The van der Waals surface area contributed by atoms with E-state index in [0.29, 0.717) is 5.01 Å². The van der Waals surface area contributed by atoms with Crippen LogP contribution in [-0.2, 0) is 0 Å². The van der Waals surface area contributed by atoms with E-state index in [4.69, 9.17) is 0 Å². The lowest BCUT2D eigenvalue weighted by molar-refractivity contribution is -0.384. The summed E-state index contributed by atoms with van der Waals surface area (Å²) in [5, 5.41) is 21.5. The molecular formula is C18H20N2O4S. The predicted molar refractivity (Wildman–Crippen MR) is 95.7 cm³/mol. The fourth-order valence-corrected chi connectivity index (χ4v) is 4.47. The normalized spacial score (nSPS) is 20.6. The van der Waals surface area contributed by atoms with Gasteiger partial charge in [-0.2, -0.15) is 0 Å². The van der Waals surface area contributed by atoms with Crippen LogP contribution in [0.4, 0.5) is 5.69 Å². The van der Waals surface area contributed by atoms with Crippen LogP contribution in [0.5, 0.6) is 0 Å². The van der Waals surface area contributed by atoms with Crippen LogP contribution in [0.2, 0.25) is 0 Å². The van der Waals surface area contributed by atoms with Crippen LogP contribution in [0.15, 0.2) is 30.5 Å². The van der Waals surface area contributed by atoms with E-state index < -0.39 is 10.5 Å². The number of aromatic nitrogens is 1. The van der Waals surface area contributed by atoms with E-state index in [1.165, 1.54) is 23.5 Å². The number of thiazole rings is 1. The Morgan fingerprint density at radius 1 is 1.32 bits per heavy atom. The number of nitro benzene ring substituents is 1. The van der Waals surface area contributed by atoms with Gasteiger partial charge in [0.1, 0.15) is 0 Å². The Balaban J connectivity index is 1.81. The van der Waals surface area contributed by atoms with Crippen LogP contribution in [0.1, 0.15) is 42.9 Å². The van der Waals surface area contributed by atoms with Crippen molar-refractivity contribution in [2.24, 2.45) is 11.8 Å². The first-order valence-corrected chi connectivity index (χ1v) is 9.06. The Morgan fingerprint density at radius 3 is 2.60 bits per heavy atom. The van der Waals surface area contributed by atoms with Gasteiger partial charge in [-0.1, -0.05) is 6.42 Å². The van der Waals surface area contributed by atoms with E-state index in [1.54, 1.807) is 32.2 Å². The van der Waals surface area contributed by atoms with Crippen molar-refractivity contribution in [1.82, 2.24) is 4.98 Å². The number of benzene rings is 1. The molecule has 0 saturated heterocycles. The van der Waals surface area contributed by atoms with Crippen molar-refractivity contribution in [3.63, 3.8) is 0 Å². The summed E-state index contributed by atoms with van der Waals surface area (Å²) >= 11 is 1.30. The van der Waals surface area contributed by atoms with Crippen LogP contribution in [0.25, 0.3) is 10.4 Å². The minimum atomic E-state index is -0.880. The standard InChI is InChI=1S/C18H20N2O4S/c1-18(2,22)14-5-3-4-13(14)16(21)17-19-10-15(25-17)11-6-8-12(9-7-11)20(23)24/h6-10,13-14,22H,3-5H2,1-2H3. The van der Waals surface area contributed by atoms with E-state index in [9.17, 15) is 20.0 Å². The fraction of sp³-hybridized carbons (Fsp3) is 0.444. The van der Waals surface area contributed by atoms with Crippen molar-refractivity contribution >= 4 is 22.8 Å². The van der Waals surface area contributed by atoms with Crippen molar-refractivity contribution in [2.45, 2.75) is 38.7 Å². The highest BCUT2D eigenvalue weighted by molar-refractivity contribution is 7.17. The van der Waals surface area contributed by atoms with E-state index in [1.807, 2.05) is 0 Å². The van der Waals surface area contributed by atoms with Crippen molar-refractivity contribution in [2.75, 3.05) is 0 Å². The first-order chi connectivity index (χ1) is 11.8. The summed E-state index contributed by atoms with van der Waals surface area (Å²) in [5.74, 6) is -0.259. The van der Waals surface area contributed by atoms with Gasteiger partial charge in [-0.05, 0) is 50.3 Å². The highest BCUT2D eigenvalue weighted by Crippen LogP contribution is 2.41. The number of hydrogen-bond acceptors (Lipinski definition) is 6. The second-order valence-electron chi connectivity index (χ2n) is 7.00. The van der Waals surface area contributed by atoms with Gasteiger partial charge in [0.2, 0.25) is 0 Å². The quantitative estimate of drug-likeness (QED) is 0.492. The minimum absolute atomic E-state index is 0.0113. The topological polar surface area (TPSA) is 93.3 Å². The molecule has 25 heavy (non-hydrogen) atoms. The van der Waals surface area contributed by atoms with Crippen LogP contribution < -0.4 is 0 Å². The lowest BCUT2D eigenvalue weighted by Crippen LogP contribution is -2.36. The fourth-order valence-electron chi connectivity index (χ4n) is 3.55. The number of rotatable bonds is 5. The first kappa shape index (κ1) is 17.7. The third-order valence-corrected chi connectivity index (χ3v) is 5.90. The maximum atomic E-state index is 12.8. The zero-order valence-corrected chi connectivity index (χ0v) is 15.0. The maximum absolute atomic E-state index is 12.8. The monoisotopic (exact) mass is 360 g/mol. The summed E-state index contributed by atoms with van der Waals surface area (Å²) in [6.07, 6.45) is 4.19. The lowest BCUT2D eigenvalue weighted by atomic mass is 9.80. The molecule has 0 radical (unpaired) electrons. The highest BCUT2D eigenvalue weighted by Gasteiger charge is 2.42. The molecule has 2 aromatic rings. The smallest absolute Gasteiger partial charge is 0.269 e. The van der Waals surface area contributed by atoms with Crippen molar-refractivity contribution < 1.29 is 14.8 Å². The zero-order chi connectivity index (χ0) is 18.2. The molecule has 7 heteroatoms. The summed E-state index contributed by atoms with van der Waals surface area (Å²) in [4.78, 5) is 28.2. The Morgan fingerprint density at radius 2 is 2.00 bits per heavy atom. The van der Waals surface area contributed by atoms with Gasteiger partial charge in [0, 0.05) is 24.2 Å². The number of aliphatic hydroxyl groups is 1. The van der Waals surface area contributed by atoms with Crippen molar-refractivity contribution in [3.05, 3.63) is 45.6 Å². The largest absolute Gasteiger partial charge is 0.390 e. The molecule has 2 unspecified atom stereocenters. The molecule has 2 atom stereocenters. The van der Waals surface area contributed by atoms with Crippen LogP contribution in [0.3, 0.4) is 0 Å². The van der Waals surface area contributed by atoms with Gasteiger partial charge in [0.05, 0.1) is 15.4 Å². The Bertz CT molecular complexity index is 792. The molecule has 1 aromatic heterocycles. The highest BCUT2D eigenvalue weighted by atomic mass is 32.1. The average molecular weight is 360 g/mol. The molecule has 0 spiro atoms. The maximum Gasteiger partial charge on any atom is 0.269 e. The molecule has 132 valence electrons. The van der Waals surface area contributed by atoms with Crippen molar-refractivity contribution in [1.29, 1.82) is 0 Å². The molecule has 0 amide bonds. The number of nitrogens with zero attached hydrogens (tertiary/aromatic N) is 2. The van der Waals surface area contributed by atoms with Gasteiger partial charge in [-0.25, -0.2) is 4.98 Å². The molecule has 1 aliphatic carbocycles. The molecule has 1 aliphatic rings. The summed E-state index contributed by atoms with van der Waals surface area (Å²) < 4.78 is 0. The molecule has 0 bridgehead atoms. The summed E-state index contributed by atoms with van der Waals surface area (Å²) in [5.41, 5.74) is -0.0499. The molecule has 1 fully saturated rings. The zero-order valence-electron chi connectivity index (χ0n) is 14.1. The second-order valence-corrected chi connectivity index (χ2v) is 8.03. The number of carbonyl (C=O) groups is 1. The van der Waals surface area contributed by atoms with E-state index in [2.05, 4.69) is 4.98 Å². The van der Waals surface area contributed by atoms with Gasteiger partial charge >= 0.3 is 0 Å². The van der Waals surface area contributed by atoms with E-state index >= 15 is 0 Å². The predicted octanol–water partition coefficient (Wildman–Crippen LogP) is 4.09. The minimum Gasteiger partial charge on any atom is -0.390 e. The number of ketones is 1. The first-order valence-electron chi connectivity index (χ1n) is 8.24. The van der Waals surface area contributed by atoms with Crippen LogP contribution in [0, 0.1) is 22.0 Å². The molecule has 1 heterocycles. The third-order valence-electron chi connectivity index (χ3n) is 4.84.